The van der Waals surface area contributed by atoms with Crippen LogP contribution in [0.4, 0.5) is 9.59 Å². The molecule has 0 radical (unpaired) electrons. The minimum absolute atomic E-state index is 0.385. The lowest BCUT2D eigenvalue weighted by atomic mass is 10.1. The number of hydrogen-bond acceptors (Lipinski definition) is 7. The minimum Gasteiger partial charge on any atom is -0.428 e. The summed E-state index contributed by atoms with van der Waals surface area (Å²) >= 11 is 0. The number of pyridine rings is 1. The van der Waals surface area contributed by atoms with Gasteiger partial charge in [-0.15, -0.1) is 0 Å². The molecule has 1 aromatic carbocycles. The van der Waals surface area contributed by atoms with Crippen LogP contribution in [0.15, 0.2) is 36.5 Å². The first kappa shape index (κ1) is 18.4. The predicted octanol–water partition coefficient (Wildman–Crippen LogP) is 1.98. The van der Waals surface area contributed by atoms with Gasteiger partial charge < -0.3 is 26.1 Å². The van der Waals surface area contributed by atoms with E-state index >= 15 is 0 Å². The van der Waals surface area contributed by atoms with E-state index in [1.807, 2.05) is 18.2 Å². The van der Waals surface area contributed by atoms with Gasteiger partial charge in [-0.25, -0.2) is 9.59 Å². The molecule has 1 atom stereocenters. The molecule has 1 unspecified atom stereocenters. The van der Waals surface area contributed by atoms with Gasteiger partial charge >= 0.3 is 12.2 Å². The highest BCUT2D eigenvalue weighted by molar-refractivity contribution is 5.86. The Hall–Kier alpha value is -2.91. The average molecular weight is 348 g/mol. The number of para-hydroxylation sites is 1. The van der Waals surface area contributed by atoms with Crippen molar-refractivity contribution in [2.24, 2.45) is 11.5 Å². The second-order valence-corrected chi connectivity index (χ2v) is 5.30. The van der Waals surface area contributed by atoms with Gasteiger partial charge in [-0.2, -0.15) is 5.06 Å². The van der Waals surface area contributed by atoms with Crippen LogP contribution in [0.1, 0.15) is 19.3 Å². The number of nitrogens with zero attached hydrogens (tertiary/aromatic N) is 2. The summed E-state index contributed by atoms with van der Waals surface area (Å²) in [6.07, 6.45) is 1.96. The number of carbonyl (C=O) groups excluding carboxylic acids is 2. The van der Waals surface area contributed by atoms with Crippen molar-refractivity contribution >= 4 is 23.1 Å². The molecule has 2 heterocycles. The first-order valence-electron chi connectivity index (χ1n) is 7.70. The SMILES string of the molecule is NC(=O)OC1CCCCN1O.NC(=O)Oc1cccc2cccnc12. The van der Waals surface area contributed by atoms with E-state index in [0.717, 1.165) is 23.3 Å². The van der Waals surface area contributed by atoms with Gasteiger partial charge in [-0.3, -0.25) is 4.98 Å². The Labute approximate surface area is 144 Å². The zero-order valence-electron chi connectivity index (χ0n) is 13.5. The summed E-state index contributed by atoms with van der Waals surface area (Å²) in [5.41, 5.74) is 10.3. The number of carbonyl (C=O) groups is 2. The van der Waals surface area contributed by atoms with E-state index in [2.05, 4.69) is 9.72 Å². The van der Waals surface area contributed by atoms with Crippen molar-refractivity contribution in [3.05, 3.63) is 36.5 Å². The van der Waals surface area contributed by atoms with E-state index in [-0.39, 0.29) is 0 Å². The van der Waals surface area contributed by atoms with Crippen molar-refractivity contribution in [3.63, 3.8) is 0 Å². The molecule has 2 aromatic rings. The highest BCUT2D eigenvalue weighted by Gasteiger charge is 2.22. The Morgan fingerprint density at radius 1 is 1.16 bits per heavy atom. The third-order valence-electron chi connectivity index (χ3n) is 3.48. The molecule has 0 spiro atoms. The normalized spacial score (nSPS) is 17.2. The van der Waals surface area contributed by atoms with Crippen LogP contribution in [-0.2, 0) is 4.74 Å². The molecule has 9 nitrogen and oxygen atoms in total. The first-order valence-corrected chi connectivity index (χ1v) is 7.70. The molecule has 0 aliphatic carbocycles. The maximum absolute atomic E-state index is 10.6. The highest BCUT2D eigenvalue weighted by atomic mass is 16.6. The van der Waals surface area contributed by atoms with Crippen LogP contribution in [0.25, 0.3) is 10.9 Å². The van der Waals surface area contributed by atoms with E-state index < -0.39 is 18.4 Å². The Kier molecular flexibility index (Phi) is 6.49. The zero-order valence-corrected chi connectivity index (χ0v) is 13.5. The van der Waals surface area contributed by atoms with Gasteiger partial charge in [0, 0.05) is 24.5 Å². The molecule has 1 aliphatic rings. The van der Waals surface area contributed by atoms with Gasteiger partial charge in [0.1, 0.15) is 5.52 Å². The molecule has 5 N–H and O–H groups in total. The number of piperidine rings is 1. The summed E-state index contributed by atoms with van der Waals surface area (Å²) in [5.74, 6) is 0.385. The largest absolute Gasteiger partial charge is 0.428 e. The van der Waals surface area contributed by atoms with Crippen molar-refractivity contribution in [1.82, 2.24) is 10.0 Å². The van der Waals surface area contributed by atoms with Crippen molar-refractivity contribution in [1.29, 1.82) is 0 Å². The number of nitrogens with two attached hydrogens (primary N) is 2. The summed E-state index contributed by atoms with van der Waals surface area (Å²) in [5, 5.41) is 11.0. The molecule has 2 amide bonds. The number of primary amides is 2. The number of ether oxygens (including phenoxy) is 2. The lowest BCUT2D eigenvalue weighted by Crippen LogP contribution is -2.41. The summed E-state index contributed by atoms with van der Waals surface area (Å²) in [6, 6.07) is 9.02. The number of hydrogen-bond donors (Lipinski definition) is 3. The summed E-state index contributed by atoms with van der Waals surface area (Å²) < 4.78 is 9.42. The molecule has 134 valence electrons. The van der Waals surface area contributed by atoms with Crippen LogP contribution in [0, 0.1) is 0 Å². The van der Waals surface area contributed by atoms with Crippen molar-refractivity contribution < 1.29 is 24.3 Å². The monoisotopic (exact) mass is 348 g/mol. The fraction of sp³-hybridized carbons (Fsp3) is 0.312. The van der Waals surface area contributed by atoms with E-state index in [4.69, 9.17) is 21.4 Å². The van der Waals surface area contributed by atoms with E-state index in [9.17, 15) is 9.59 Å². The molecular weight excluding hydrogens is 328 g/mol. The molecule has 1 aliphatic heterocycles. The summed E-state index contributed by atoms with van der Waals surface area (Å²) in [6.45, 7) is 0.540. The second-order valence-electron chi connectivity index (χ2n) is 5.30. The number of fused-ring (bicyclic) bond motifs is 1. The maximum atomic E-state index is 10.6. The lowest BCUT2D eigenvalue weighted by Gasteiger charge is -2.28. The molecule has 0 saturated carbocycles. The van der Waals surface area contributed by atoms with Gasteiger partial charge in [0.15, 0.2) is 12.0 Å². The Morgan fingerprint density at radius 2 is 1.92 bits per heavy atom. The van der Waals surface area contributed by atoms with Crippen LogP contribution in [0.2, 0.25) is 0 Å². The number of aromatic nitrogens is 1. The smallest absolute Gasteiger partial charge is 0.410 e. The molecule has 0 bridgehead atoms. The van der Waals surface area contributed by atoms with Crippen molar-refractivity contribution in [2.75, 3.05) is 6.54 Å². The number of hydroxylamine groups is 2. The summed E-state index contributed by atoms with van der Waals surface area (Å²) in [7, 11) is 0. The van der Waals surface area contributed by atoms with Gasteiger partial charge in [0.25, 0.3) is 0 Å². The number of amides is 2. The number of benzene rings is 1. The molecular formula is C16H20N4O5. The maximum Gasteiger partial charge on any atom is 0.410 e. The third kappa shape index (κ3) is 5.59. The van der Waals surface area contributed by atoms with Crippen molar-refractivity contribution in [2.45, 2.75) is 25.5 Å². The van der Waals surface area contributed by atoms with Crippen LogP contribution in [-0.4, -0.2) is 40.2 Å². The predicted molar refractivity (Wildman–Crippen MR) is 88.8 cm³/mol. The fourth-order valence-electron chi connectivity index (χ4n) is 2.41. The molecule has 1 fully saturated rings. The number of rotatable bonds is 2. The Balaban J connectivity index is 0.000000186. The molecule has 9 heteroatoms. The van der Waals surface area contributed by atoms with Crippen molar-refractivity contribution in [3.8, 4) is 5.75 Å². The quantitative estimate of drug-likeness (QED) is 0.753. The summed E-state index contributed by atoms with van der Waals surface area (Å²) in [4.78, 5) is 25.0. The standard InChI is InChI=1S/C10H8N2O2.C6H12N2O3/c11-10(13)14-8-5-1-3-7-4-2-6-12-9(7)8;7-6(9)11-5-3-1-2-4-8(5)10/h1-6H,(H2,11,13);5,10H,1-4H2,(H2,7,9). The highest BCUT2D eigenvalue weighted by Crippen LogP contribution is 2.22. The van der Waals surface area contributed by atoms with Gasteiger partial charge in [-0.05, 0) is 25.0 Å². The van der Waals surface area contributed by atoms with Gasteiger partial charge in [0.05, 0.1) is 0 Å². The zero-order chi connectivity index (χ0) is 18.2. The minimum atomic E-state index is -0.837. The lowest BCUT2D eigenvalue weighted by molar-refractivity contribution is -0.208. The van der Waals surface area contributed by atoms with E-state index in [1.165, 1.54) is 0 Å². The van der Waals surface area contributed by atoms with Crippen LogP contribution < -0.4 is 16.2 Å². The van der Waals surface area contributed by atoms with Crippen LogP contribution in [0.5, 0.6) is 5.75 Å². The fourth-order valence-corrected chi connectivity index (χ4v) is 2.41. The second kappa shape index (κ2) is 8.81. The van der Waals surface area contributed by atoms with Crippen LogP contribution >= 0.6 is 0 Å². The molecule has 3 rings (SSSR count). The third-order valence-corrected chi connectivity index (χ3v) is 3.48. The molecule has 1 saturated heterocycles. The van der Waals surface area contributed by atoms with E-state index in [1.54, 1.807) is 18.3 Å². The Bertz CT molecular complexity index is 734. The van der Waals surface area contributed by atoms with Gasteiger partial charge in [0.2, 0.25) is 0 Å². The topological polar surface area (TPSA) is 141 Å². The van der Waals surface area contributed by atoms with Crippen LogP contribution in [0.3, 0.4) is 0 Å². The molecule has 1 aromatic heterocycles. The first-order chi connectivity index (χ1) is 12.0. The average Bonchev–Trinajstić information content (AvgIpc) is 2.57. The van der Waals surface area contributed by atoms with E-state index in [0.29, 0.717) is 24.2 Å². The van der Waals surface area contributed by atoms with Gasteiger partial charge in [-0.1, -0.05) is 18.2 Å². The Morgan fingerprint density at radius 3 is 2.60 bits per heavy atom. The molecule has 25 heavy (non-hydrogen) atoms.